The molecule has 0 radical (unpaired) electrons. The Labute approximate surface area is 176 Å². The Bertz CT molecular complexity index is 858. The predicted molar refractivity (Wildman–Crippen MR) is 114 cm³/mol. The molecule has 1 amide bonds. The lowest BCUT2D eigenvalue weighted by atomic mass is 9.85. The Hall–Kier alpha value is -3.15. The van der Waals surface area contributed by atoms with Crippen LogP contribution in [0, 0.1) is 25.7 Å². The Morgan fingerprint density at radius 1 is 0.800 bits per heavy atom. The zero-order valence-electron chi connectivity index (χ0n) is 17.4. The van der Waals surface area contributed by atoms with Crippen LogP contribution in [-0.4, -0.2) is 34.6 Å². The third-order valence-corrected chi connectivity index (χ3v) is 5.13. The van der Waals surface area contributed by atoms with E-state index >= 15 is 0 Å². The molecule has 3 N–H and O–H groups in total. The van der Waals surface area contributed by atoms with E-state index < -0.39 is 23.8 Å². The van der Waals surface area contributed by atoms with Crippen LogP contribution in [0.1, 0.15) is 35.1 Å². The van der Waals surface area contributed by atoms with Crippen molar-refractivity contribution in [1.29, 1.82) is 0 Å². The number of carboxylic acid groups (broad SMARTS) is 2. The van der Waals surface area contributed by atoms with Gasteiger partial charge in [0.05, 0.1) is 12.3 Å². The molecule has 160 valence electrons. The quantitative estimate of drug-likeness (QED) is 0.526. The molecule has 0 saturated carbocycles. The molecule has 0 heterocycles. The van der Waals surface area contributed by atoms with E-state index in [4.69, 9.17) is 5.11 Å². The topological polar surface area (TPSA) is 104 Å². The summed E-state index contributed by atoms with van der Waals surface area (Å²) in [7, 11) is 0. The number of carbonyl (C=O) groups excluding carboxylic acids is 1. The van der Waals surface area contributed by atoms with Gasteiger partial charge in [0, 0.05) is 12.5 Å². The number of rotatable bonds is 11. The Balaban J connectivity index is 2.15. The molecule has 0 aliphatic rings. The third-order valence-electron chi connectivity index (χ3n) is 5.13. The molecule has 6 heteroatoms. The van der Waals surface area contributed by atoms with Crippen LogP contribution in [0.25, 0.3) is 0 Å². The number of benzene rings is 2. The van der Waals surface area contributed by atoms with E-state index in [0.29, 0.717) is 12.8 Å². The second-order valence-electron chi connectivity index (χ2n) is 7.78. The summed E-state index contributed by atoms with van der Waals surface area (Å²) in [5, 5.41) is 21.2. The van der Waals surface area contributed by atoms with E-state index in [1.807, 2.05) is 62.4 Å². The standard InChI is InChI=1S/C24H29NO5/c1-16-3-7-18(8-4-16)13-20(23(28)25-12-11-22(26)27)15-21(24(29)30)14-19-9-5-17(2)6-10-19/h3-10,20-21H,11-15H2,1-2H3,(H,25,28)(H,26,27)(H,29,30)/t20-,21-/m0/s1. The third kappa shape index (κ3) is 7.70. The van der Waals surface area contributed by atoms with Crippen molar-refractivity contribution in [2.24, 2.45) is 11.8 Å². The molecular formula is C24H29NO5. The molecule has 2 atom stereocenters. The van der Waals surface area contributed by atoms with Gasteiger partial charge in [-0.05, 0) is 44.2 Å². The van der Waals surface area contributed by atoms with Gasteiger partial charge in [-0.25, -0.2) is 0 Å². The average molecular weight is 411 g/mol. The van der Waals surface area contributed by atoms with Crippen LogP contribution < -0.4 is 5.32 Å². The van der Waals surface area contributed by atoms with Crippen LogP contribution in [-0.2, 0) is 27.2 Å². The second kappa shape index (κ2) is 11.1. The summed E-state index contributed by atoms with van der Waals surface area (Å²) in [5.74, 6) is -3.52. The first kappa shape index (κ1) is 23.1. The van der Waals surface area contributed by atoms with Gasteiger partial charge >= 0.3 is 11.9 Å². The maximum atomic E-state index is 12.8. The maximum absolute atomic E-state index is 12.8. The molecule has 0 aromatic heterocycles. The fraction of sp³-hybridized carbons (Fsp3) is 0.375. The van der Waals surface area contributed by atoms with Gasteiger partial charge in [0.15, 0.2) is 0 Å². The van der Waals surface area contributed by atoms with Gasteiger partial charge in [-0.2, -0.15) is 0 Å². The van der Waals surface area contributed by atoms with Gasteiger partial charge in [-0.15, -0.1) is 0 Å². The first-order chi connectivity index (χ1) is 14.2. The minimum absolute atomic E-state index is 0.0221. The molecule has 0 saturated heterocycles. The number of carbonyl (C=O) groups is 3. The summed E-state index contributed by atoms with van der Waals surface area (Å²) in [6, 6.07) is 15.5. The molecule has 0 aliphatic heterocycles. The molecule has 2 aromatic carbocycles. The molecule has 30 heavy (non-hydrogen) atoms. The zero-order valence-corrected chi connectivity index (χ0v) is 17.4. The summed E-state index contributed by atoms with van der Waals surface area (Å²) in [6.07, 6.45) is 0.740. The highest BCUT2D eigenvalue weighted by Crippen LogP contribution is 2.22. The number of hydrogen-bond donors (Lipinski definition) is 3. The van der Waals surface area contributed by atoms with Gasteiger partial charge in [-0.3, -0.25) is 14.4 Å². The van der Waals surface area contributed by atoms with Crippen molar-refractivity contribution in [1.82, 2.24) is 5.32 Å². The van der Waals surface area contributed by atoms with Gasteiger partial charge in [-0.1, -0.05) is 59.7 Å². The molecule has 0 spiro atoms. The smallest absolute Gasteiger partial charge is 0.306 e. The number of aryl methyl sites for hydroxylation is 2. The summed E-state index contributed by atoms with van der Waals surface area (Å²) in [5.41, 5.74) is 4.05. The van der Waals surface area contributed by atoms with Crippen LogP contribution >= 0.6 is 0 Å². The van der Waals surface area contributed by atoms with E-state index in [1.54, 1.807) is 0 Å². The summed E-state index contributed by atoms with van der Waals surface area (Å²) >= 11 is 0. The summed E-state index contributed by atoms with van der Waals surface area (Å²) < 4.78 is 0. The van der Waals surface area contributed by atoms with E-state index in [-0.39, 0.29) is 25.3 Å². The number of nitrogens with one attached hydrogen (secondary N) is 1. The lowest BCUT2D eigenvalue weighted by Crippen LogP contribution is -2.36. The van der Waals surface area contributed by atoms with Crippen molar-refractivity contribution < 1.29 is 24.6 Å². The van der Waals surface area contributed by atoms with Crippen molar-refractivity contribution >= 4 is 17.8 Å². The number of hydrogen-bond acceptors (Lipinski definition) is 3. The van der Waals surface area contributed by atoms with Gasteiger partial charge in [0.2, 0.25) is 5.91 Å². The Morgan fingerprint density at radius 2 is 1.27 bits per heavy atom. The number of aliphatic carboxylic acids is 2. The first-order valence-electron chi connectivity index (χ1n) is 10.1. The molecule has 6 nitrogen and oxygen atoms in total. The fourth-order valence-corrected chi connectivity index (χ4v) is 3.35. The van der Waals surface area contributed by atoms with Crippen molar-refractivity contribution in [3.05, 3.63) is 70.8 Å². The Morgan fingerprint density at radius 3 is 1.70 bits per heavy atom. The summed E-state index contributed by atoms with van der Waals surface area (Å²) in [6.45, 7) is 3.97. The van der Waals surface area contributed by atoms with Crippen molar-refractivity contribution in [2.45, 2.75) is 39.5 Å². The van der Waals surface area contributed by atoms with Gasteiger partial charge in [0.1, 0.15) is 0 Å². The lowest BCUT2D eigenvalue weighted by molar-refractivity contribution is -0.142. The van der Waals surface area contributed by atoms with Crippen LogP contribution in [0.4, 0.5) is 0 Å². The van der Waals surface area contributed by atoms with Crippen molar-refractivity contribution in [3.8, 4) is 0 Å². The van der Waals surface area contributed by atoms with Crippen LogP contribution in [0.15, 0.2) is 48.5 Å². The molecule has 0 fully saturated rings. The minimum Gasteiger partial charge on any atom is -0.481 e. The van der Waals surface area contributed by atoms with Crippen LogP contribution in [0.5, 0.6) is 0 Å². The number of amides is 1. The average Bonchev–Trinajstić information content (AvgIpc) is 2.69. The highest BCUT2D eigenvalue weighted by atomic mass is 16.4. The summed E-state index contributed by atoms with van der Waals surface area (Å²) in [4.78, 5) is 35.4. The van der Waals surface area contributed by atoms with Crippen LogP contribution in [0.2, 0.25) is 0 Å². The van der Waals surface area contributed by atoms with Crippen molar-refractivity contribution in [2.75, 3.05) is 6.54 Å². The maximum Gasteiger partial charge on any atom is 0.306 e. The number of carboxylic acids is 2. The second-order valence-corrected chi connectivity index (χ2v) is 7.78. The largest absolute Gasteiger partial charge is 0.481 e. The Kier molecular flexibility index (Phi) is 8.59. The van der Waals surface area contributed by atoms with Crippen molar-refractivity contribution in [3.63, 3.8) is 0 Å². The van der Waals surface area contributed by atoms with E-state index in [0.717, 1.165) is 22.3 Å². The molecule has 2 aromatic rings. The highest BCUT2D eigenvalue weighted by Gasteiger charge is 2.27. The van der Waals surface area contributed by atoms with E-state index in [1.165, 1.54) is 0 Å². The van der Waals surface area contributed by atoms with Gasteiger partial charge < -0.3 is 15.5 Å². The fourth-order valence-electron chi connectivity index (χ4n) is 3.35. The highest BCUT2D eigenvalue weighted by molar-refractivity contribution is 5.80. The zero-order chi connectivity index (χ0) is 22.1. The monoisotopic (exact) mass is 411 g/mol. The SMILES string of the molecule is Cc1ccc(C[C@@H](C[C@H](Cc2ccc(C)cc2)C(=O)NCCC(=O)O)C(=O)O)cc1. The molecule has 0 unspecified atom stereocenters. The predicted octanol–water partition coefficient (Wildman–Crippen LogP) is 3.39. The van der Waals surface area contributed by atoms with E-state index in [2.05, 4.69) is 5.32 Å². The normalized spacial score (nSPS) is 12.7. The molecule has 0 bridgehead atoms. The minimum atomic E-state index is -0.992. The molecule has 0 aliphatic carbocycles. The van der Waals surface area contributed by atoms with E-state index in [9.17, 15) is 19.5 Å². The lowest BCUT2D eigenvalue weighted by Gasteiger charge is -2.21. The first-order valence-corrected chi connectivity index (χ1v) is 10.1. The molecular weight excluding hydrogens is 382 g/mol. The molecule has 2 rings (SSSR count). The van der Waals surface area contributed by atoms with Crippen LogP contribution in [0.3, 0.4) is 0 Å². The van der Waals surface area contributed by atoms with Gasteiger partial charge in [0.25, 0.3) is 0 Å².